The van der Waals surface area contributed by atoms with Gasteiger partial charge in [-0.05, 0) is 48.7 Å². The van der Waals surface area contributed by atoms with Crippen molar-refractivity contribution in [1.29, 1.82) is 0 Å². The summed E-state index contributed by atoms with van der Waals surface area (Å²) in [5, 5.41) is 3.00. The molecule has 5 heteroatoms. The molecule has 2 aromatic heterocycles. The Labute approximate surface area is 144 Å². The van der Waals surface area contributed by atoms with Gasteiger partial charge in [-0.25, -0.2) is 4.39 Å². The quantitative estimate of drug-likeness (QED) is 0.770. The first-order chi connectivity index (χ1) is 12.2. The van der Waals surface area contributed by atoms with Gasteiger partial charge in [-0.1, -0.05) is 18.2 Å². The van der Waals surface area contributed by atoms with Crippen molar-refractivity contribution < 1.29 is 13.6 Å². The van der Waals surface area contributed by atoms with E-state index in [-0.39, 0.29) is 11.7 Å². The largest absolute Gasteiger partial charge is 0.463 e. The number of nitrogens with zero attached hydrogens (tertiary/aromatic N) is 1. The molecule has 0 unspecified atom stereocenters. The number of rotatable bonds is 5. The molecule has 1 amide bonds. The van der Waals surface area contributed by atoms with Crippen molar-refractivity contribution in [1.82, 2.24) is 10.3 Å². The Morgan fingerprint density at radius 2 is 1.96 bits per heavy atom. The Bertz CT molecular complexity index is 884. The zero-order chi connectivity index (χ0) is 17.3. The molecule has 0 bridgehead atoms. The third-order valence-corrected chi connectivity index (χ3v) is 4.67. The van der Waals surface area contributed by atoms with E-state index in [0.717, 1.165) is 29.7 Å². The summed E-state index contributed by atoms with van der Waals surface area (Å²) in [4.78, 5) is 17.1. The van der Waals surface area contributed by atoms with Crippen LogP contribution in [0.2, 0.25) is 0 Å². The standard InChI is InChI=1S/C20H17FN2O2/c21-16-7-5-15(6-8-16)20(9-10-20)19(24)23-13-14-3-1-11-22-18(14)17-4-2-12-25-17/h1-8,11-12H,9-10,13H2,(H,23,24). The Balaban J connectivity index is 1.51. The molecule has 0 spiro atoms. The van der Waals surface area contributed by atoms with Crippen LogP contribution in [0, 0.1) is 5.82 Å². The maximum Gasteiger partial charge on any atom is 0.230 e. The second kappa shape index (κ2) is 6.16. The predicted molar refractivity (Wildman–Crippen MR) is 91.1 cm³/mol. The van der Waals surface area contributed by atoms with Gasteiger partial charge >= 0.3 is 0 Å². The minimum Gasteiger partial charge on any atom is -0.463 e. The highest BCUT2D eigenvalue weighted by molar-refractivity contribution is 5.91. The lowest BCUT2D eigenvalue weighted by atomic mass is 9.95. The molecule has 0 radical (unpaired) electrons. The Morgan fingerprint density at radius 1 is 1.16 bits per heavy atom. The van der Waals surface area contributed by atoms with E-state index in [9.17, 15) is 9.18 Å². The van der Waals surface area contributed by atoms with Gasteiger partial charge in [0, 0.05) is 18.3 Å². The second-order valence-corrected chi connectivity index (χ2v) is 6.26. The molecule has 25 heavy (non-hydrogen) atoms. The molecule has 2 heterocycles. The monoisotopic (exact) mass is 336 g/mol. The van der Waals surface area contributed by atoms with Gasteiger partial charge in [0.05, 0.1) is 11.7 Å². The van der Waals surface area contributed by atoms with Gasteiger partial charge in [-0.2, -0.15) is 0 Å². The average Bonchev–Trinajstić information content (AvgIpc) is 3.27. The summed E-state index contributed by atoms with van der Waals surface area (Å²) >= 11 is 0. The highest BCUT2D eigenvalue weighted by Crippen LogP contribution is 2.48. The molecule has 3 aromatic rings. The van der Waals surface area contributed by atoms with Crippen molar-refractivity contribution in [2.24, 2.45) is 0 Å². The van der Waals surface area contributed by atoms with Gasteiger partial charge in [0.2, 0.25) is 5.91 Å². The number of carbonyl (C=O) groups excluding carboxylic acids is 1. The van der Waals surface area contributed by atoms with Crippen molar-refractivity contribution >= 4 is 5.91 Å². The number of carbonyl (C=O) groups is 1. The molecular weight excluding hydrogens is 319 g/mol. The number of benzene rings is 1. The number of nitrogens with one attached hydrogen (secondary N) is 1. The average molecular weight is 336 g/mol. The van der Waals surface area contributed by atoms with Gasteiger partial charge in [0.15, 0.2) is 5.76 Å². The number of amides is 1. The fourth-order valence-electron chi connectivity index (χ4n) is 3.10. The summed E-state index contributed by atoms with van der Waals surface area (Å²) in [6.45, 7) is 0.367. The predicted octanol–water partition coefficient (Wildman–Crippen LogP) is 3.83. The fourth-order valence-corrected chi connectivity index (χ4v) is 3.10. The third kappa shape index (κ3) is 2.93. The molecule has 1 aliphatic rings. The van der Waals surface area contributed by atoms with Gasteiger partial charge in [-0.15, -0.1) is 0 Å². The normalized spacial score (nSPS) is 14.9. The number of furan rings is 1. The molecular formula is C20H17FN2O2. The van der Waals surface area contributed by atoms with Gasteiger partial charge in [0.25, 0.3) is 0 Å². The molecule has 1 fully saturated rings. The van der Waals surface area contributed by atoms with E-state index in [2.05, 4.69) is 10.3 Å². The van der Waals surface area contributed by atoms with Crippen LogP contribution >= 0.6 is 0 Å². The van der Waals surface area contributed by atoms with Crippen molar-refractivity contribution in [2.75, 3.05) is 0 Å². The first-order valence-corrected chi connectivity index (χ1v) is 8.21. The fraction of sp³-hybridized carbons (Fsp3) is 0.200. The number of pyridine rings is 1. The van der Waals surface area contributed by atoms with E-state index >= 15 is 0 Å². The zero-order valence-electron chi connectivity index (χ0n) is 13.5. The van der Waals surface area contributed by atoms with E-state index in [4.69, 9.17) is 4.42 Å². The number of halogens is 1. The van der Waals surface area contributed by atoms with Gasteiger partial charge in [0.1, 0.15) is 11.5 Å². The van der Waals surface area contributed by atoms with Crippen molar-refractivity contribution in [3.05, 3.63) is 77.9 Å². The summed E-state index contributed by atoms with van der Waals surface area (Å²) < 4.78 is 18.5. The molecule has 0 atom stereocenters. The Morgan fingerprint density at radius 3 is 2.64 bits per heavy atom. The highest BCUT2D eigenvalue weighted by atomic mass is 19.1. The van der Waals surface area contributed by atoms with Crippen molar-refractivity contribution in [2.45, 2.75) is 24.8 Å². The number of hydrogen-bond donors (Lipinski definition) is 1. The van der Waals surface area contributed by atoms with E-state index < -0.39 is 5.41 Å². The second-order valence-electron chi connectivity index (χ2n) is 6.26. The van der Waals surface area contributed by atoms with Crippen LogP contribution in [0.1, 0.15) is 24.0 Å². The van der Waals surface area contributed by atoms with E-state index in [1.165, 1.54) is 12.1 Å². The van der Waals surface area contributed by atoms with Crippen LogP contribution in [-0.4, -0.2) is 10.9 Å². The van der Waals surface area contributed by atoms with Crippen LogP contribution in [0.15, 0.2) is 65.4 Å². The molecule has 4 nitrogen and oxygen atoms in total. The first-order valence-electron chi connectivity index (χ1n) is 8.21. The SMILES string of the molecule is O=C(NCc1cccnc1-c1ccco1)C1(c2ccc(F)cc2)CC1. The molecule has 126 valence electrons. The van der Waals surface area contributed by atoms with Crippen molar-refractivity contribution in [3.63, 3.8) is 0 Å². The smallest absolute Gasteiger partial charge is 0.230 e. The minimum atomic E-state index is -0.527. The lowest BCUT2D eigenvalue weighted by Gasteiger charge is -2.16. The summed E-state index contributed by atoms with van der Waals surface area (Å²) in [5.74, 6) is 0.344. The van der Waals surface area contributed by atoms with Gasteiger partial charge in [-0.3, -0.25) is 9.78 Å². The van der Waals surface area contributed by atoms with E-state index in [1.54, 1.807) is 30.7 Å². The van der Waals surface area contributed by atoms with Crippen LogP contribution in [0.5, 0.6) is 0 Å². The molecule has 4 rings (SSSR count). The first kappa shape index (κ1) is 15.6. The molecule has 0 saturated heterocycles. The number of hydrogen-bond acceptors (Lipinski definition) is 3. The Hall–Kier alpha value is -2.95. The molecule has 1 N–H and O–H groups in total. The molecule has 1 aromatic carbocycles. The molecule has 0 aliphatic heterocycles. The Kier molecular flexibility index (Phi) is 3.84. The van der Waals surface area contributed by atoms with Crippen LogP contribution in [0.3, 0.4) is 0 Å². The molecule has 1 saturated carbocycles. The summed E-state index contributed by atoms with van der Waals surface area (Å²) in [6, 6.07) is 13.6. The highest BCUT2D eigenvalue weighted by Gasteiger charge is 2.51. The topological polar surface area (TPSA) is 55.1 Å². The summed E-state index contributed by atoms with van der Waals surface area (Å²) in [6.07, 6.45) is 4.86. The number of aromatic nitrogens is 1. The minimum absolute atomic E-state index is 0.0339. The third-order valence-electron chi connectivity index (χ3n) is 4.67. The zero-order valence-corrected chi connectivity index (χ0v) is 13.5. The van der Waals surface area contributed by atoms with Crippen molar-refractivity contribution in [3.8, 4) is 11.5 Å². The van der Waals surface area contributed by atoms with Crippen LogP contribution in [0.25, 0.3) is 11.5 Å². The van der Waals surface area contributed by atoms with Gasteiger partial charge < -0.3 is 9.73 Å². The van der Waals surface area contributed by atoms with E-state index in [1.807, 2.05) is 18.2 Å². The van der Waals surface area contributed by atoms with Crippen LogP contribution in [-0.2, 0) is 16.8 Å². The summed E-state index contributed by atoms with van der Waals surface area (Å²) in [5.41, 5.74) is 1.95. The lowest BCUT2D eigenvalue weighted by molar-refractivity contribution is -0.123. The lowest BCUT2D eigenvalue weighted by Crippen LogP contribution is -2.34. The summed E-state index contributed by atoms with van der Waals surface area (Å²) in [7, 11) is 0. The maximum absolute atomic E-state index is 13.1. The van der Waals surface area contributed by atoms with Crippen LogP contribution < -0.4 is 5.32 Å². The van der Waals surface area contributed by atoms with E-state index in [0.29, 0.717) is 12.3 Å². The van der Waals surface area contributed by atoms with Crippen LogP contribution in [0.4, 0.5) is 4.39 Å². The molecule has 1 aliphatic carbocycles. The maximum atomic E-state index is 13.1.